The monoisotopic (exact) mass is 489 g/mol. The van der Waals surface area contributed by atoms with Crippen molar-refractivity contribution in [2.75, 3.05) is 31.1 Å². The van der Waals surface area contributed by atoms with Crippen LogP contribution in [0.1, 0.15) is 40.0 Å². The zero-order valence-electron chi connectivity index (χ0n) is 20.1. The summed E-state index contributed by atoms with van der Waals surface area (Å²) in [6.45, 7) is 6.24. The van der Waals surface area contributed by atoms with Gasteiger partial charge in [-0.25, -0.2) is 4.39 Å². The van der Waals surface area contributed by atoms with Gasteiger partial charge in [0.25, 0.3) is 5.91 Å². The Morgan fingerprint density at radius 2 is 1.83 bits per heavy atom. The molecule has 3 aromatic rings. The van der Waals surface area contributed by atoms with Crippen LogP contribution in [0.3, 0.4) is 0 Å². The molecule has 2 aromatic carbocycles. The second-order valence-electron chi connectivity index (χ2n) is 9.89. The number of halogens is 1. The van der Waals surface area contributed by atoms with Crippen molar-refractivity contribution < 1.29 is 18.8 Å². The minimum absolute atomic E-state index is 0.190. The van der Waals surface area contributed by atoms with Crippen molar-refractivity contribution in [2.45, 2.75) is 38.9 Å². The number of aromatic amines is 1. The zero-order chi connectivity index (χ0) is 25.0. The van der Waals surface area contributed by atoms with E-state index in [9.17, 15) is 18.8 Å². The topological polar surface area (TPSA) is 88.8 Å². The Morgan fingerprint density at radius 3 is 2.58 bits per heavy atom. The van der Waals surface area contributed by atoms with E-state index in [0.717, 1.165) is 36.4 Å². The van der Waals surface area contributed by atoms with Crippen molar-refractivity contribution in [1.29, 1.82) is 0 Å². The lowest BCUT2D eigenvalue weighted by Gasteiger charge is -2.37. The smallest absolute Gasteiger partial charge is 0.255 e. The second kappa shape index (κ2) is 8.74. The Bertz CT molecular complexity index is 1390. The summed E-state index contributed by atoms with van der Waals surface area (Å²) >= 11 is 0. The molecule has 3 amide bonds. The van der Waals surface area contributed by atoms with Crippen molar-refractivity contribution in [2.24, 2.45) is 0 Å². The molecule has 186 valence electrons. The molecular weight excluding hydrogens is 461 g/mol. The lowest BCUT2D eigenvalue weighted by molar-refractivity contribution is -0.136. The fraction of sp³-hybridized carbons (Fsp3) is 0.370. The lowest BCUT2D eigenvalue weighted by Crippen LogP contribution is -2.52. The molecule has 1 unspecified atom stereocenters. The number of carbonyl (C=O) groups excluding carboxylic acids is 3. The van der Waals surface area contributed by atoms with Crippen LogP contribution < -0.4 is 10.2 Å². The Kier molecular flexibility index (Phi) is 5.52. The SMILES string of the molecule is Cc1c(CN2CCN(c3cc(F)cc4c3CN(C3CCC(=O)NC3=O)C4=O)CC2)[nH]c2ccccc12. The summed E-state index contributed by atoms with van der Waals surface area (Å²) in [7, 11) is 0. The van der Waals surface area contributed by atoms with Gasteiger partial charge in [0.2, 0.25) is 11.8 Å². The first-order valence-electron chi connectivity index (χ1n) is 12.4. The van der Waals surface area contributed by atoms with Gasteiger partial charge in [0.15, 0.2) is 0 Å². The van der Waals surface area contributed by atoms with Gasteiger partial charge in [-0.05, 0) is 37.1 Å². The first-order valence-corrected chi connectivity index (χ1v) is 12.4. The van der Waals surface area contributed by atoms with Crippen molar-refractivity contribution in [1.82, 2.24) is 20.1 Å². The molecule has 1 atom stereocenters. The van der Waals surface area contributed by atoms with Crippen LogP contribution in [0.5, 0.6) is 0 Å². The Balaban J connectivity index is 1.18. The number of H-pyrrole nitrogens is 1. The van der Waals surface area contributed by atoms with Crippen LogP contribution in [0.25, 0.3) is 10.9 Å². The molecule has 2 N–H and O–H groups in total. The number of amides is 3. The number of aromatic nitrogens is 1. The molecule has 1 aromatic heterocycles. The molecule has 8 nitrogen and oxygen atoms in total. The summed E-state index contributed by atoms with van der Waals surface area (Å²) in [5.41, 5.74) is 5.40. The highest BCUT2D eigenvalue weighted by Crippen LogP contribution is 2.35. The number of hydrogen-bond acceptors (Lipinski definition) is 5. The largest absolute Gasteiger partial charge is 0.369 e. The zero-order valence-corrected chi connectivity index (χ0v) is 20.1. The number of benzene rings is 2. The molecule has 3 aliphatic rings. The number of fused-ring (bicyclic) bond motifs is 2. The average molecular weight is 490 g/mol. The maximum atomic E-state index is 14.6. The standard InChI is InChI=1S/C27H28FN5O3/c1-16-18-4-2-3-5-21(18)29-22(16)15-31-8-10-32(11-9-31)24-13-17(28)12-19-20(24)14-33(27(19)36)23-6-7-25(34)30-26(23)35/h2-5,12-13,23,29H,6-11,14-15H2,1H3,(H,30,34,35). The Morgan fingerprint density at radius 1 is 1.06 bits per heavy atom. The van der Waals surface area contributed by atoms with Crippen molar-refractivity contribution in [3.8, 4) is 0 Å². The fourth-order valence-electron chi connectivity index (χ4n) is 5.76. The van der Waals surface area contributed by atoms with E-state index < -0.39 is 17.8 Å². The van der Waals surface area contributed by atoms with Gasteiger partial charge in [0.1, 0.15) is 11.9 Å². The first kappa shape index (κ1) is 22.7. The highest BCUT2D eigenvalue weighted by Gasteiger charge is 2.41. The van der Waals surface area contributed by atoms with E-state index in [0.29, 0.717) is 18.7 Å². The molecule has 9 heteroatoms. The molecule has 6 rings (SSSR count). The number of aryl methyl sites for hydroxylation is 1. The minimum atomic E-state index is -0.713. The normalized spacial score (nSPS) is 20.8. The summed E-state index contributed by atoms with van der Waals surface area (Å²) in [6, 6.07) is 10.4. The third kappa shape index (κ3) is 3.83. The van der Waals surface area contributed by atoms with Crippen LogP contribution in [0.15, 0.2) is 36.4 Å². The van der Waals surface area contributed by atoms with Gasteiger partial charge < -0.3 is 14.8 Å². The summed E-state index contributed by atoms with van der Waals surface area (Å²) in [5, 5.41) is 3.56. The van der Waals surface area contributed by atoms with E-state index in [4.69, 9.17) is 0 Å². The number of nitrogens with one attached hydrogen (secondary N) is 2. The lowest BCUT2D eigenvalue weighted by atomic mass is 10.0. The molecule has 0 aliphatic carbocycles. The van der Waals surface area contributed by atoms with Gasteiger partial charge in [-0.15, -0.1) is 0 Å². The van der Waals surface area contributed by atoms with Crippen molar-refractivity contribution in [3.63, 3.8) is 0 Å². The molecule has 0 radical (unpaired) electrons. The molecular formula is C27H28FN5O3. The average Bonchev–Trinajstić information content (AvgIpc) is 3.36. The number of para-hydroxylation sites is 1. The summed E-state index contributed by atoms with van der Waals surface area (Å²) < 4.78 is 14.6. The number of carbonyl (C=O) groups is 3. The predicted octanol–water partition coefficient (Wildman–Crippen LogP) is 2.70. The summed E-state index contributed by atoms with van der Waals surface area (Å²) in [6.07, 6.45) is 0.476. The number of imide groups is 1. The highest BCUT2D eigenvalue weighted by molar-refractivity contribution is 6.06. The summed E-state index contributed by atoms with van der Waals surface area (Å²) in [5.74, 6) is -1.60. The molecule has 3 aliphatic heterocycles. The van der Waals surface area contributed by atoms with Crippen LogP contribution in [0.4, 0.5) is 10.1 Å². The van der Waals surface area contributed by atoms with Crippen molar-refractivity contribution in [3.05, 3.63) is 64.6 Å². The maximum Gasteiger partial charge on any atom is 0.255 e. The maximum absolute atomic E-state index is 14.6. The van der Waals surface area contributed by atoms with Gasteiger partial charge in [0, 0.05) is 79.1 Å². The second-order valence-corrected chi connectivity index (χ2v) is 9.89. The Hall–Kier alpha value is -3.72. The molecule has 0 saturated carbocycles. The third-order valence-electron chi connectivity index (χ3n) is 7.76. The highest BCUT2D eigenvalue weighted by atomic mass is 19.1. The minimum Gasteiger partial charge on any atom is -0.369 e. The fourth-order valence-corrected chi connectivity index (χ4v) is 5.76. The number of nitrogens with zero attached hydrogens (tertiary/aromatic N) is 3. The van der Waals surface area contributed by atoms with Gasteiger partial charge >= 0.3 is 0 Å². The molecule has 2 fully saturated rings. The van der Waals surface area contributed by atoms with E-state index in [1.807, 2.05) is 6.07 Å². The van der Waals surface area contributed by atoms with Crippen LogP contribution in [0, 0.1) is 12.7 Å². The van der Waals surface area contributed by atoms with Crippen molar-refractivity contribution >= 4 is 34.3 Å². The molecule has 4 heterocycles. The van der Waals surface area contributed by atoms with E-state index in [-0.39, 0.29) is 31.2 Å². The van der Waals surface area contributed by atoms with E-state index in [2.05, 4.69) is 45.2 Å². The number of rotatable bonds is 4. The number of piperidine rings is 1. The molecule has 0 spiro atoms. The number of hydrogen-bond donors (Lipinski definition) is 2. The van der Waals surface area contributed by atoms with E-state index in [1.54, 1.807) is 0 Å². The number of piperazine rings is 1. The van der Waals surface area contributed by atoms with Crippen LogP contribution in [-0.4, -0.2) is 64.7 Å². The van der Waals surface area contributed by atoms with E-state index in [1.165, 1.54) is 33.7 Å². The van der Waals surface area contributed by atoms with Gasteiger partial charge in [0.05, 0.1) is 0 Å². The summed E-state index contributed by atoms with van der Waals surface area (Å²) in [4.78, 5) is 46.6. The van der Waals surface area contributed by atoms with E-state index >= 15 is 0 Å². The van der Waals surface area contributed by atoms with Crippen LogP contribution in [-0.2, 0) is 22.7 Å². The number of anilines is 1. The van der Waals surface area contributed by atoms with Crippen LogP contribution in [0.2, 0.25) is 0 Å². The Labute approximate surface area is 208 Å². The van der Waals surface area contributed by atoms with Crippen LogP contribution >= 0.6 is 0 Å². The third-order valence-corrected chi connectivity index (χ3v) is 7.76. The quantitative estimate of drug-likeness (QED) is 0.551. The first-order chi connectivity index (χ1) is 17.4. The van der Waals surface area contributed by atoms with Gasteiger partial charge in [-0.2, -0.15) is 0 Å². The predicted molar refractivity (Wildman–Crippen MR) is 133 cm³/mol. The van der Waals surface area contributed by atoms with Gasteiger partial charge in [-0.3, -0.25) is 24.6 Å². The molecule has 2 saturated heterocycles. The van der Waals surface area contributed by atoms with Gasteiger partial charge in [-0.1, -0.05) is 18.2 Å². The molecule has 36 heavy (non-hydrogen) atoms. The molecule has 0 bridgehead atoms.